The van der Waals surface area contributed by atoms with E-state index in [1.165, 1.54) is 24.0 Å². The molecule has 2 atom stereocenters. The smallest absolute Gasteiger partial charge is 0.228 e. The van der Waals surface area contributed by atoms with Crippen LogP contribution in [0.5, 0.6) is 0 Å². The van der Waals surface area contributed by atoms with Crippen molar-refractivity contribution in [3.05, 3.63) is 35.4 Å². The maximum absolute atomic E-state index is 13.0. The maximum Gasteiger partial charge on any atom is 0.228 e. The number of hydrogen-bond donors (Lipinski definition) is 0. The summed E-state index contributed by atoms with van der Waals surface area (Å²) in [5.74, 6) is 0.168. The number of nitrogens with zero attached hydrogens (tertiary/aromatic N) is 2. The topological polar surface area (TPSA) is 40.6 Å². The Morgan fingerprint density at radius 3 is 2.71 bits per heavy atom. The number of fused-ring (bicyclic) bond motifs is 1. The molecule has 4 rings (SSSR count). The minimum Gasteiger partial charge on any atom is -0.339 e. The van der Waals surface area contributed by atoms with Crippen molar-refractivity contribution in [3.8, 4) is 0 Å². The van der Waals surface area contributed by atoms with Gasteiger partial charge >= 0.3 is 0 Å². The van der Waals surface area contributed by atoms with E-state index in [1.54, 1.807) is 0 Å². The van der Waals surface area contributed by atoms with Crippen molar-refractivity contribution in [1.82, 2.24) is 9.80 Å². The van der Waals surface area contributed by atoms with Gasteiger partial charge in [0.1, 0.15) is 0 Å². The highest BCUT2D eigenvalue weighted by Crippen LogP contribution is 2.37. The quantitative estimate of drug-likeness (QED) is 0.857. The fraction of sp³-hybridized carbons (Fsp3) is 0.600. The molecule has 2 amide bonds. The maximum atomic E-state index is 13.0. The number of amides is 2. The van der Waals surface area contributed by atoms with Crippen LogP contribution in [0.1, 0.15) is 55.7 Å². The molecule has 1 saturated carbocycles. The third-order valence-electron chi connectivity index (χ3n) is 6.19. The number of benzene rings is 1. The monoisotopic (exact) mass is 326 g/mol. The van der Waals surface area contributed by atoms with E-state index in [4.69, 9.17) is 0 Å². The number of aryl methyl sites for hydroxylation is 1. The highest BCUT2D eigenvalue weighted by Gasteiger charge is 2.41. The molecular weight excluding hydrogens is 300 g/mol. The number of hydrogen-bond acceptors (Lipinski definition) is 2. The van der Waals surface area contributed by atoms with Gasteiger partial charge in [-0.05, 0) is 36.8 Å². The fourth-order valence-corrected chi connectivity index (χ4v) is 4.84. The first-order valence-electron chi connectivity index (χ1n) is 9.29. The summed E-state index contributed by atoms with van der Waals surface area (Å²) in [6.45, 7) is 0.626. The Kier molecular flexibility index (Phi) is 4.07. The zero-order valence-corrected chi connectivity index (χ0v) is 14.4. The first-order valence-corrected chi connectivity index (χ1v) is 9.29. The number of likely N-dealkylation sites (tertiary alicyclic amines) is 1. The van der Waals surface area contributed by atoms with Crippen molar-refractivity contribution in [2.24, 2.45) is 5.92 Å². The van der Waals surface area contributed by atoms with Gasteiger partial charge in [0.15, 0.2) is 0 Å². The van der Waals surface area contributed by atoms with Crippen LogP contribution in [0.3, 0.4) is 0 Å². The van der Waals surface area contributed by atoms with E-state index in [2.05, 4.69) is 24.3 Å². The minimum absolute atomic E-state index is 0.144. The van der Waals surface area contributed by atoms with Crippen molar-refractivity contribution >= 4 is 11.8 Å². The van der Waals surface area contributed by atoms with Crippen molar-refractivity contribution in [2.45, 2.75) is 57.0 Å². The Morgan fingerprint density at radius 1 is 1.17 bits per heavy atom. The molecule has 4 nitrogen and oxygen atoms in total. The standard InChI is InChI=1S/C20H26N2O2/c1-21(18-11-10-14-6-2-5-9-17(14)18)20(24)15-12-19(23)22(13-15)16-7-3-4-8-16/h2,5-6,9,15-16,18H,3-4,7-8,10-13H2,1H3/t15-,18+/m1/s1. The molecule has 0 bridgehead atoms. The van der Waals surface area contributed by atoms with Crippen molar-refractivity contribution < 1.29 is 9.59 Å². The number of carbonyl (C=O) groups is 2. The van der Waals surface area contributed by atoms with Gasteiger partial charge in [-0.25, -0.2) is 0 Å². The molecule has 1 aromatic rings. The van der Waals surface area contributed by atoms with Crippen LogP contribution in [0, 0.1) is 5.92 Å². The largest absolute Gasteiger partial charge is 0.339 e. The van der Waals surface area contributed by atoms with Gasteiger partial charge in [0.2, 0.25) is 11.8 Å². The Hall–Kier alpha value is -1.84. The van der Waals surface area contributed by atoms with Crippen LogP contribution in [0.15, 0.2) is 24.3 Å². The third-order valence-corrected chi connectivity index (χ3v) is 6.19. The lowest BCUT2D eigenvalue weighted by Gasteiger charge is -2.29. The first-order chi connectivity index (χ1) is 11.6. The summed E-state index contributed by atoms with van der Waals surface area (Å²) in [5.41, 5.74) is 2.64. The van der Waals surface area contributed by atoms with Gasteiger partial charge in [-0.2, -0.15) is 0 Å². The van der Waals surface area contributed by atoms with Crippen LogP contribution >= 0.6 is 0 Å². The summed E-state index contributed by atoms with van der Waals surface area (Å²) in [7, 11) is 1.91. The van der Waals surface area contributed by atoms with Gasteiger partial charge in [0.25, 0.3) is 0 Å². The summed E-state index contributed by atoms with van der Waals surface area (Å²) in [4.78, 5) is 29.3. The average Bonchev–Trinajstić information content (AvgIpc) is 3.32. The Labute approximate surface area is 143 Å². The molecule has 0 unspecified atom stereocenters. The molecule has 4 heteroatoms. The van der Waals surface area contributed by atoms with Crippen LogP contribution in [-0.4, -0.2) is 41.2 Å². The SMILES string of the molecule is CN(C(=O)[C@@H]1CC(=O)N(C2CCCC2)C1)[C@H]1CCc2ccccc21. The Balaban J connectivity index is 1.45. The number of rotatable bonds is 3. The summed E-state index contributed by atoms with van der Waals surface area (Å²) in [5, 5.41) is 0. The van der Waals surface area contributed by atoms with Gasteiger partial charge in [-0.3, -0.25) is 9.59 Å². The molecule has 0 N–H and O–H groups in total. The van der Waals surface area contributed by atoms with Gasteiger partial charge in [-0.1, -0.05) is 37.1 Å². The van der Waals surface area contributed by atoms with Gasteiger partial charge < -0.3 is 9.80 Å². The molecule has 0 aromatic heterocycles. The molecule has 128 valence electrons. The predicted molar refractivity (Wildman–Crippen MR) is 92.4 cm³/mol. The molecule has 1 aliphatic heterocycles. The predicted octanol–water partition coefficient (Wildman–Crippen LogP) is 2.92. The average molecular weight is 326 g/mol. The zero-order chi connectivity index (χ0) is 16.7. The van der Waals surface area contributed by atoms with E-state index >= 15 is 0 Å². The van der Waals surface area contributed by atoms with E-state index in [9.17, 15) is 9.59 Å². The lowest BCUT2D eigenvalue weighted by molar-refractivity contribution is -0.136. The highest BCUT2D eigenvalue weighted by molar-refractivity contribution is 5.89. The normalized spacial score (nSPS) is 26.9. The van der Waals surface area contributed by atoms with E-state index in [0.717, 1.165) is 25.7 Å². The Morgan fingerprint density at radius 2 is 1.92 bits per heavy atom. The molecule has 0 spiro atoms. The number of carbonyl (C=O) groups excluding carboxylic acids is 2. The molecule has 0 radical (unpaired) electrons. The van der Waals surface area contributed by atoms with Crippen LogP contribution in [0.2, 0.25) is 0 Å². The lowest BCUT2D eigenvalue weighted by Crippen LogP contribution is -2.38. The molecule has 1 saturated heterocycles. The molecule has 2 fully saturated rings. The van der Waals surface area contributed by atoms with Gasteiger partial charge in [-0.15, -0.1) is 0 Å². The molecule has 24 heavy (non-hydrogen) atoms. The summed E-state index contributed by atoms with van der Waals surface area (Å²) < 4.78 is 0. The minimum atomic E-state index is -0.157. The highest BCUT2D eigenvalue weighted by atomic mass is 16.2. The van der Waals surface area contributed by atoms with Crippen LogP contribution in [0.25, 0.3) is 0 Å². The Bertz CT molecular complexity index is 651. The van der Waals surface area contributed by atoms with Crippen LogP contribution < -0.4 is 0 Å². The third kappa shape index (κ3) is 2.62. The first kappa shape index (κ1) is 15.7. The molecule has 1 aromatic carbocycles. The molecule has 3 aliphatic rings. The van der Waals surface area contributed by atoms with Crippen molar-refractivity contribution in [3.63, 3.8) is 0 Å². The lowest BCUT2D eigenvalue weighted by atomic mass is 10.0. The molecular formula is C20H26N2O2. The second kappa shape index (κ2) is 6.23. The van der Waals surface area contributed by atoms with Crippen molar-refractivity contribution in [1.29, 1.82) is 0 Å². The van der Waals surface area contributed by atoms with Crippen molar-refractivity contribution in [2.75, 3.05) is 13.6 Å². The second-order valence-corrected chi connectivity index (χ2v) is 7.59. The summed E-state index contributed by atoms with van der Waals surface area (Å²) >= 11 is 0. The zero-order valence-electron chi connectivity index (χ0n) is 14.4. The van der Waals surface area contributed by atoms with E-state index in [-0.39, 0.29) is 23.8 Å². The fourth-order valence-electron chi connectivity index (χ4n) is 4.84. The van der Waals surface area contributed by atoms with E-state index < -0.39 is 0 Å². The second-order valence-electron chi connectivity index (χ2n) is 7.59. The van der Waals surface area contributed by atoms with E-state index in [1.807, 2.05) is 16.8 Å². The molecule has 1 heterocycles. The summed E-state index contributed by atoms with van der Waals surface area (Å²) in [6, 6.07) is 8.97. The van der Waals surface area contributed by atoms with E-state index in [0.29, 0.717) is 19.0 Å². The summed E-state index contributed by atoms with van der Waals surface area (Å²) in [6.07, 6.45) is 7.08. The van der Waals surface area contributed by atoms with Crippen LogP contribution in [0.4, 0.5) is 0 Å². The molecule has 2 aliphatic carbocycles. The van der Waals surface area contributed by atoms with Crippen LogP contribution in [-0.2, 0) is 16.0 Å². The van der Waals surface area contributed by atoms with Gasteiger partial charge in [0.05, 0.1) is 12.0 Å². The van der Waals surface area contributed by atoms with Gasteiger partial charge in [0, 0.05) is 26.1 Å².